The molecule has 2 aromatic heterocycles. The third kappa shape index (κ3) is 4.73. The number of hydrogen-bond acceptors (Lipinski definition) is 4. The van der Waals surface area contributed by atoms with Gasteiger partial charge in [-0.3, -0.25) is 4.57 Å². The largest absolute Gasteiger partial charge is 0.472 e. The van der Waals surface area contributed by atoms with Crippen molar-refractivity contribution in [2.75, 3.05) is 4.90 Å². The summed E-state index contributed by atoms with van der Waals surface area (Å²) in [7, 11) is 0. The molecule has 0 radical (unpaired) electrons. The number of aliphatic imine (C=N–C) groups is 1. The Morgan fingerprint density at radius 2 is 1.57 bits per heavy atom. The van der Waals surface area contributed by atoms with E-state index in [9.17, 15) is 0 Å². The Morgan fingerprint density at radius 3 is 2.41 bits per heavy atom. The molecule has 0 N–H and O–H groups in total. The van der Waals surface area contributed by atoms with Crippen LogP contribution >= 0.6 is 0 Å². The number of ether oxygens (including phenoxy) is 1. The quantitative estimate of drug-likeness (QED) is 0.193. The van der Waals surface area contributed by atoms with Crippen molar-refractivity contribution in [2.45, 2.75) is 90.2 Å². The van der Waals surface area contributed by atoms with Gasteiger partial charge in [-0.2, -0.15) is 0 Å². The molecule has 2 atom stereocenters. The highest BCUT2D eigenvalue weighted by molar-refractivity contribution is 6.11. The van der Waals surface area contributed by atoms with E-state index in [0.717, 1.165) is 46.8 Å². The first-order chi connectivity index (χ1) is 23.6. The van der Waals surface area contributed by atoms with Crippen LogP contribution in [0.15, 0.2) is 102 Å². The van der Waals surface area contributed by atoms with Gasteiger partial charge in [0, 0.05) is 33.6 Å². The van der Waals surface area contributed by atoms with Crippen LogP contribution in [0.3, 0.4) is 0 Å². The minimum Gasteiger partial charge on any atom is -0.472 e. The molecule has 0 bridgehead atoms. The van der Waals surface area contributed by atoms with Crippen LogP contribution in [0.25, 0.3) is 27.6 Å². The fourth-order valence-corrected chi connectivity index (χ4v) is 8.54. The molecule has 0 amide bonds. The molecule has 3 aliphatic rings. The van der Waals surface area contributed by atoms with Crippen molar-refractivity contribution >= 4 is 44.8 Å². The van der Waals surface area contributed by atoms with Gasteiger partial charge in [0.15, 0.2) is 0 Å². The maximum absolute atomic E-state index is 6.53. The molecule has 2 aliphatic heterocycles. The highest BCUT2D eigenvalue weighted by Gasteiger charge is 2.39. The minimum atomic E-state index is -0.217. The van der Waals surface area contributed by atoms with E-state index < -0.39 is 0 Å². The number of nitrogens with zero attached hydrogens (tertiary/aromatic N) is 4. The maximum atomic E-state index is 6.53. The zero-order valence-corrected chi connectivity index (χ0v) is 29.4. The van der Waals surface area contributed by atoms with Crippen molar-refractivity contribution in [3.8, 4) is 5.82 Å². The summed E-state index contributed by atoms with van der Waals surface area (Å²) in [4.78, 5) is 12.6. The van der Waals surface area contributed by atoms with Gasteiger partial charge >= 0.3 is 0 Å². The lowest BCUT2D eigenvalue weighted by Gasteiger charge is -2.42. The second-order valence-corrected chi connectivity index (χ2v) is 15.9. The average molecular weight is 645 g/mol. The molecule has 246 valence electrons. The van der Waals surface area contributed by atoms with E-state index in [1.165, 1.54) is 57.2 Å². The van der Waals surface area contributed by atoms with E-state index in [4.69, 9.17) is 14.7 Å². The van der Waals surface area contributed by atoms with E-state index in [1.807, 2.05) is 6.20 Å². The van der Waals surface area contributed by atoms with Crippen LogP contribution in [0.5, 0.6) is 0 Å². The monoisotopic (exact) mass is 644 g/mol. The van der Waals surface area contributed by atoms with Crippen molar-refractivity contribution < 1.29 is 4.74 Å². The van der Waals surface area contributed by atoms with Crippen LogP contribution in [0, 0.1) is 6.92 Å². The van der Waals surface area contributed by atoms with E-state index in [2.05, 4.69) is 142 Å². The third-order valence-corrected chi connectivity index (χ3v) is 11.1. The van der Waals surface area contributed by atoms with Crippen molar-refractivity contribution in [1.29, 1.82) is 0 Å². The number of para-hydroxylation sites is 2. The van der Waals surface area contributed by atoms with E-state index >= 15 is 0 Å². The molecule has 4 aromatic carbocycles. The van der Waals surface area contributed by atoms with Crippen LogP contribution in [0.2, 0.25) is 0 Å². The SMILES string of the molecule is Cc1cc(C2=N[C@H]3CCCC[C@@H]3O2)cc(N2c3ccccc3C(C)(C)c3cc4c5ccccc5n(-c5cc(C(C)(C)C)ccn5)c4cc32)c1. The van der Waals surface area contributed by atoms with E-state index in [0.29, 0.717) is 0 Å². The molecule has 0 unspecified atom stereocenters. The Labute approximate surface area is 289 Å². The number of fused-ring (bicyclic) bond motifs is 6. The van der Waals surface area contributed by atoms with Crippen LogP contribution in [-0.4, -0.2) is 27.6 Å². The van der Waals surface area contributed by atoms with Crippen LogP contribution in [0.4, 0.5) is 17.1 Å². The van der Waals surface area contributed by atoms with Gasteiger partial charge in [-0.1, -0.05) is 77.4 Å². The van der Waals surface area contributed by atoms with Gasteiger partial charge in [0.2, 0.25) is 5.90 Å². The van der Waals surface area contributed by atoms with Crippen LogP contribution < -0.4 is 4.90 Å². The number of hydrogen-bond donors (Lipinski definition) is 0. The molecule has 5 nitrogen and oxygen atoms in total. The highest BCUT2D eigenvalue weighted by Crippen LogP contribution is 2.54. The van der Waals surface area contributed by atoms with Crippen LogP contribution in [-0.2, 0) is 15.6 Å². The summed E-state index contributed by atoms with van der Waals surface area (Å²) in [5, 5.41) is 2.48. The fourth-order valence-electron chi connectivity index (χ4n) is 8.54. The molecular formula is C44H44N4O. The van der Waals surface area contributed by atoms with Crippen LogP contribution in [0.1, 0.15) is 88.1 Å². The number of aromatic nitrogens is 2. The zero-order valence-electron chi connectivity index (χ0n) is 29.4. The van der Waals surface area contributed by atoms with Gasteiger partial charge in [0.1, 0.15) is 11.9 Å². The molecule has 0 saturated heterocycles. The minimum absolute atomic E-state index is 0.00807. The van der Waals surface area contributed by atoms with Gasteiger partial charge in [-0.15, -0.1) is 0 Å². The van der Waals surface area contributed by atoms with Crippen molar-refractivity contribution in [2.24, 2.45) is 4.99 Å². The molecule has 9 rings (SSSR count). The molecular weight excluding hydrogens is 601 g/mol. The Bertz CT molecular complexity index is 2320. The molecule has 0 spiro atoms. The molecule has 1 aliphatic carbocycles. The van der Waals surface area contributed by atoms with Gasteiger partial charge in [-0.25, -0.2) is 9.98 Å². The topological polar surface area (TPSA) is 42.6 Å². The highest BCUT2D eigenvalue weighted by atomic mass is 16.5. The first-order valence-electron chi connectivity index (χ1n) is 17.9. The lowest BCUT2D eigenvalue weighted by atomic mass is 9.73. The lowest BCUT2D eigenvalue weighted by molar-refractivity contribution is 0.153. The predicted molar refractivity (Wildman–Crippen MR) is 202 cm³/mol. The molecule has 5 heteroatoms. The van der Waals surface area contributed by atoms with Gasteiger partial charge < -0.3 is 9.64 Å². The third-order valence-electron chi connectivity index (χ3n) is 11.1. The second-order valence-electron chi connectivity index (χ2n) is 15.9. The Kier molecular flexibility index (Phi) is 6.65. The summed E-state index contributed by atoms with van der Waals surface area (Å²) in [5.41, 5.74) is 11.8. The summed E-state index contributed by atoms with van der Waals surface area (Å²) in [6, 6.07) is 34.0. The van der Waals surface area contributed by atoms with Gasteiger partial charge in [0.05, 0.1) is 28.5 Å². The summed E-state index contributed by atoms with van der Waals surface area (Å²) in [6.07, 6.45) is 6.84. The van der Waals surface area contributed by atoms with Crippen molar-refractivity contribution in [3.63, 3.8) is 0 Å². The molecule has 4 heterocycles. The lowest BCUT2D eigenvalue weighted by Crippen LogP contribution is -2.30. The summed E-state index contributed by atoms with van der Waals surface area (Å²) in [6.45, 7) is 13.7. The molecule has 49 heavy (non-hydrogen) atoms. The normalized spacial score (nSPS) is 19.7. The number of rotatable bonds is 3. The number of aryl methyl sites for hydroxylation is 1. The Hall–Kier alpha value is -4.90. The first kappa shape index (κ1) is 30.2. The molecule has 6 aromatic rings. The summed E-state index contributed by atoms with van der Waals surface area (Å²) >= 11 is 0. The zero-order chi connectivity index (χ0) is 33.7. The summed E-state index contributed by atoms with van der Waals surface area (Å²) in [5.74, 6) is 1.74. The number of anilines is 3. The maximum Gasteiger partial charge on any atom is 0.216 e. The molecule has 1 saturated carbocycles. The first-order valence-corrected chi connectivity index (χ1v) is 17.9. The fraction of sp³-hybridized carbons (Fsp3) is 0.318. The summed E-state index contributed by atoms with van der Waals surface area (Å²) < 4.78 is 8.89. The Balaban J connectivity index is 1.30. The predicted octanol–water partition coefficient (Wildman–Crippen LogP) is 11.0. The smallest absolute Gasteiger partial charge is 0.216 e. The van der Waals surface area contributed by atoms with E-state index in [-0.39, 0.29) is 23.0 Å². The second kappa shape index (κ2) is 10.8. The van der Waals surface area contributed by atoms with Crippen molar-refractivity contribution in [1.82, 2.24) is 9.55 Å². The van der Waals surface area contributed by atoms with Gasteiger partial charge in [-0.05, 0) is 108 Å². The standard InChI is InChI=1S/C44H44N4O/c1-27-21-28(42-46-35-15-9-12-18-40(35)49-42)23-30(22-27)47-37-17-11-8-14-33(37)44(5,6)34-25-32-31-13-7-10-16-36(31)48(38(32)26-39(34)47)41-24-29(19-20-45-41)43(2,3)4/h7-8,10-11,13-14,16-17,19-26,35,40H,9,12,15,18H2,1-6H3/t35-,40-/m0/s1. The Morgan fingerprint density at radius 1 is 0.776 bits per heavy atom. The van der Waals surface area contributed by atoms with E-state index in [1.54, 1.807) is 0 Å². The average Bonchev–Trinajstić information content (AvgIpc) is 3.67. The number of benzene rings is 4. The van der Waals surface area contributed by atoms with Gasteiger partial charge in [0.25, 0.3) is 0 Å². The number of pyridine rings is 1. The van der Waals surface area contributed by atoms with Crippen molar-refractivity contribution in [3.05, 3.63) is 125 Å². The molecule has 1 fully saturated rings.